The number of rotatable bonds is 5. The van der Waals surface area contributed by atoms with Crippen molar-refractivity contribution < 1.29 is 9.26 Å². The van der Waals surface area contributed by atoms with Gasteiger partial charge in [0.15, 0.2) is 6.61 Å². The molecule has 1 heterocycles. The van der Waals surface area contributed by atoms with Crippen LogP contribution in [0, 0.1) is 6.92 Å². The number of hydrogen-bond donors (Lipinski definition) is 0. The third-order valence-electron chi connectivity index (χ3n) is 3.86. The molecule has 0 amide bonds. The second-order valence-corrected chi connectivity index (χ2v) is 6.95. The van der Waals surface area contributed by atoms with Crippen molar-refractivity contribution in [2.75, 3.05) is 0 Å². The van der Waals surface area contributed by atoms with Gasteiger partial charge in [0.2, 0.25) is 5.82 Å². The molecule has 0 aliphatic rings. The molecular formula is C19H18Cl2N2O2. The molecule has 0 saturated carbocycles. The number of halogens is 2. The fraction of sp³-hybridized carbons (Fsp3) is 0.263. The van der Waals surface area contributed by atoms with Gasteiger partial charge in [-0.05, 0) is 54.3 Å². The highest BCUT2D eigenvalue weighted by Crippen LogP contribution is 2.29. The summed E-state index contributed by atoms with van der Waals surface area (Å²) in [5.74, 6) is 2.05. The molecule has 0 fully saturated rings. The molecule has 0 saturated heterocycles. The van der Waals surface area contributed by atoms with E-state index >= 15 is 0 Å². The first kappa shape index (κ1) is 17.8. The van der Waals surface area contributed by atoms with Crippen LogP contribution in [0.25, 0.3) is 11.5 Å². The number of aryl methyl sites for hydroxylation is 1. The highest BCUT2D eigenvalue weighted by molar-refractivity contribution is 6.36. The van der Waals surface area contributed by atoms with Gasteiger partial charge in [0.25, 0.3) is 5.89 Å². The first-order chi connectivity index (χ1) is 11.9. The highest BCUT2D eigenvalue weighted by atomic mass is 35.5. The summed E-state index contributed by atoms with van der Waals surface area (Å²) in [7, 11) is 0. The molecule has 6 heteroatoms. The van der Waals surface area contributed by atoms with Crippen molar-refractivity contribution >= 4 is 23.2 Å². The van der Waals surface area contributed by atoms with Crippen molar-refractivity contribution in [3.05, 3.63) is 63.4 Å². The average molecular weight is 377 g/mol. The van der Waals surface area contributed by atoms with E-state index < -0.39 is 0 Å². The van der Waals surface area contributed by atoms with Gasteiger partial charge in [-0.15, -0.1) is 0 Å². The summed E-state index contributed by atoms with van der Waals surface area (Å²) in [4.78, 5) is 4.32. The molecule has 0 radical (unpaired) electrons. The Morgan fingerprint density at radius 1 is 1.12 bits per heavy atom. The molecule has 3 aromatic rings. The van der Waals surface area contributed by atoms with Crippen LogP contribution in [0.5, 0.6) is 5.75 Å². The zero-order valence-corrected chi connectivity index (χ0v) is 15.7. The summed E-state index contributed by atoms with van der Waals surface area (Å²) in [6, 6.07) is 11.2. The fourth-order valence-electron chi connectivity index (χ4n) is 2.62. The lowest BCUT2D eigenvalue weighted by Gasteiger charge is -2.11. The number of benzene rings is 2. The van der Waals surface area contributed by atoms with E-state index in [1.165, 1.54) is 11.1 Å². The topological polar surface area (TPSA) is 48.2 Å². The van der Waals surface area contributed by atoms with Crippen LogP contribution in [0.1, 0.15) is 36.7 Å². The Morgan fingerprint density at radius 2 is 1.92 bits per heavy atom. The fourth-order valence-corrected chi connectivity index (χ4v) is 3.11. The number of nitrogens with zero attached hydrogens (tertiary/aromatic N) is 2. The summed E-state index contributed by atoms with van der Waals surface area (Å²) in [5.41, 5.74) is 3.16. The molecule has 0 unspecified atom stereocenters. The van der Waals surface area contributed by atoms with Gasteiger partial charge in [-0.1, -0.05) is 48.3 Å². The molecule has 3 rings (SSSR count). The molecule has 0 aliphatic carbocycles. The van der Waals surface area contributed by atoms with Crippen LogP contribution in [-0.2, 0) is 6.61 Å². The normalized spacial score (nSPS) is 11.1. The molecule has 0 bridgehead atoms. The largest absolute Gasteiger partial charge is 0.485 e. The number of hydrogen-bond acceptors (Lipinski definition) is 4. The Balaban J connectivity index is 1.71. The van der Waals surface area contributed by atoms with Gasteiger partial charge >= 0.3 is 0 Å². The molecular weight excluding hydrogens is 359 g/mol. The lowest BCUT2D eigenvalue weighted by Crippen LogP contribution is -1.99. The Morgan fingerprint density at radius 3 is 2.60 bits per heavy atom. The van der Waals surface area contributed by atoms with Gasteiger partial charge in [-0.3, -0.25) is 0 Å². The van der Waals surface area contributed by atoms with Crippen LogP contribution < -0.4 is 4.74 Å². The summed E-state index contributed by atoms with van der Waals surface area (Å²) < 4.78 is 11.0. The van der Waals surface area contributed by atoms with Gasteiger partial charge in [0.05, 0.1) is 10.6 Å². The smallest absolute Gasteiger partial charge is 0.259 e. The molecule has 0 atom stereocenters. The number of aromatic nitrogens is 2. The van der Waals surface area contributed by atoms with E-state index in [0.29, 0.717) is 33.2 Å². The van der Waals surface area contributed by atoms with Gasteiger partial charge in [0, 0.05) is 5.02 Å². The molecule has 0 aliphatic heterocycles. The average Bonchev–Trinajstić information content (AvgIpc) is 3.01. The third-order valence-corrected chi connectivity index (χ3v) is 4.41. The first-order valence-electron chi connectivity index (χ1n) is 7.95. The summed E-state index contributed by atoms with van der Waals surface area (Å²) >= 11 is 12.1. The van der Waals surface area contributed by atoms with Gasteiger partial charge < -0.3 is 9.26 Å². The zero-order chi connectivity index (χ0) is 18.0. The lowest BCUT2D eigenvalue weighted by molar-refractivity contribution is 0.287. The molecule has 0 N–H and O–H groups in total. The second-order valence-electron chi connectivity index (χ2n) is 6.10. The Labute approximate surface area is 156 Å². The van der Waals surface area contributed by atoms with E-state index in [1.807, 2.05) is 12.1 Å². The molecule has 4 nitrogen and oxygen atoms in total. The molecule has 0 spiro atoms. The predicted octanol–water partition coefficient (Wildman–Crippen LogP) is 6.05. The van der Waals surface area contributed by atoms with Gasteiger partial charge in [0.1, 0.15) is 5.75 Å². The molecule has 130 valence electrons. The summed E-state index contributed by atoms with van der Waals surface area (Å²) in [5, 5.41) is 4.95. The van der Waals surface area contributed by atoms with Crippen LogP contribution in [0.3, 0.4) is 0 Å². The van der Waals surface area contributed by atoms with Crippen LogP contribution in [-0.4, -0.2) is 10.1 Å². The minimum absolute atomic E-state index is 0.217. The maximum absolute atomic E-state index is 6.16. The van der Waals surface area contributed by atoms with Crippen LogP contribution in [0.4, 0.5) is 0 Å². The van der Waals surface area contributed by atoms with E-state index in [2.05, 4.69) is 37.0 Å². The van der Waals surface area contributed by atoms with E-state index in [1.54, 1.807) is 18.2 Å². The highest BCUT2D eigenvalue weighted by Gasteiger charge is 2.13. The molecule has 2 aromatic carbocycles. The van der Waals surface area contributed by atoms with Crippen molar-refractivity contribution in [3.63, 3.8) is 0 Å². The van der Waals surface area contributed by atoms with Gasteiger partial charge in [-0.2, -0.15) is 4.98 Å². The van der Waals surface area contributed by atoms with E-state index in [4.69, 9.17) is 32.5 Å². The zero-order valence-electron chi connectivity index (χ0n) is 14.2. The van der Waals surface area contributed by atoms with Crippen LogP contribution >= 0.6 is 23.2 Å². The van der Waals surface area contributed by atoms with Crippen LogP contribution in [0.2, 0.25) is 10.0 Å². The van der Waals surface area contributed by atoms with E-state index in [9.17, 15) is 0 Å². The Kier molecular flexibility index (Phi) is 5.30. The second kappa shape index (κ2) is 7.46. The minimum Gasteiger partial charge on any atom is -0.485 e. The number of ether oxygens (including phenoxy) is 1. The van der Waals surface area contributed by atoms with Crippen molar-refractivity contribution in [3.8, 4) is 17.2 Å². The van der Waals surface area contributed by atoms with Gasteiger partial charge in [-0.25, -0.2) is 0 Å². The Hall–Kier alpha value is -2.04. The lowest BCUT2D eigenvalue weighted by atomic mass is 9.98. The van der Waals surface area contributed by atoms with Crippen molar-refractivity contribution in [2.24, 2.45) is 0 Å². The predicted molar refractivity (Wildman–Crippen MR) is 99.4 cm³/mol. The van der Waals surface area contributed by atoms with Crippen LogP contribution in [0.15, 0.2) is 40.9 Å². The quantitative estimate of drug-likeness (QED) is 0.543. The third kappa shape index (κ3) is 4.14. The summed E-state index contributed by atoms with van der Waals surface area (Å²) in [6.45, 7) is 6.64. The van der Waals surface area contributed by atoms with Crippen molar-refractivity contribution in [1.29, 1.82) is 0 Å². The Bertz CT molecular complexity index is 891. The van der Waals surface area contributed by atoms with E-state index in [-0.39, 0.29) is 6.61 Å². The van der Waals surface area contributed by atoms with Crippen molar-refractivity contribution in [2.45, 2.75) is 33.3 Å². The maximum atomic E-state index is 6.16. The SMILES string of the molecule is Cc1cc(OCc2noc(-c3ccc(Cl)cc3Cl)n2)ccc1C(C)C. The monoisotopic (exact) mass is 376 g/mol. The maximum Gasteiger partial charge on any atom is 0.259 e. The standard InChI is InChI=1S/C19H18Cl2N2O2/c1-11(2)15-7-5-14(8-12(15)3)24-10-18-22-19(25-23-18)16-6-4-13(20)9-17(16)21/h4-9,11H,10H2,1-3H3. The van der Waals surface area contributed by atoms with E-state index in [0.717, 1.165) is 5.75 Å². The first-order valence-corrected chi connectivity index (χ1v) is 8.71. The molecule has 1 aromatic heterocycles. The van der Waals surface area contributed by atoms with Crippen molar-refractivity contribution in [1.82, 2.24) is 10.1 Å². The molecule has 25 heavy (non-hydrogen) atoms. The summed E-state index contributed by atoms with van der Waals surface area (Å²) in [6.07, 6.45) is 0. The minimum atomic E-state index is 0.217.